The molecule has 0 bridgehead atoms. The molecule has 0 aromatic carbocycles. The van der Waals surface area contributed by atoms with Crippen LogP contribution < -0.4 is 5.32 Å². The molecule has 2 aliphatic rings. The van der Waals surface area contributed by atoms with Gasteiger partial charge in [0.2, 0.25) is 0 Å². The van der Waals surface area contributed by atoms with E-state index in [1.165, 1.54) is 63.4 Å². The summed E-state index contributed by atoms with van der Waals surface area (Å²) in [5.41, 5.74) is 0.546. The van der Waals surface area contributed by atoms with E-state index in [1.54, 1.807) is 0 Å². The highest BCUT2D eigenvalue weighted by Gasteiger charge is 2.36. The Morgan fingerprint density at radius 2 is 2.05 bits per heavy atom. The minimum atomic E-state index is 0.546. The van der Waals surface area contributed by atoms with Crippen LogP contribution in [0.1, 0.15) is 46.5 Å². The van der Waals surface area contributed by atoms with Crippen molar-refractivity contribution >= 4 is 11.8 Å². The second kappa shape index (κ2) is 7.33. The van der Waals surface area contributed by atoms with Gasteiger partial charge in [0.15, 0.2) is 0 Å². The quantitative estimate of drug-likeness (QED) is 0.834. The summed E-state index contributed by atoms with van der Waals surface area (Å²) in [6.07, 6.45) is 5.74. The second-order valence-corrected chi connectivity index (χ2v) is 8.35. The van der Waals surface area contributed by atoms with Crippen LogP contribution in [0, 0.1) is 11.3 Å². The fourth-order valence-corrected chi connectivity index (χ4v) is 4.76. The summed E-state index contributed by atoms with van der Waals surface area (Å²) in [5, 5.41) is 3.73. The van der Waals surface area contributed by atoms with Gasteiger partial charge in [-0.05, 0) is 24.2 Å². The first kappa shape index (κ1) is 15.7. The van der Waals surface area contributed by atoms with Gasteiger partial charge in [-0.2, -0.15) is 11.8 Å². The largest absolute Gasteiger partial charge is 0.314 e. The number of hydrogen-bond donors (Lipinski definition) is 1. The highest BCUT2D eigenvalue weighted by Crippen LogP contribution is 2.40. The Morgan fingerprint density at radius 1 is 1.32 bits per heavy atom. The molecule has 19 heavy (non-hydrogen) atoms. The zero-order valence-corrected chi connectivity index (χ0v) is 13.9. The molecule has 2 atom stereocenters. The van der Waals surface area contributed by atoms with Crippen LogP contribution in [0.4, 0.5) is 0 Å². The summed E-state index contributed by atoms with van der Waals surface area (Å²) >= 11 is 2.12. The summed E-state index contributed by atoms with van der Waals surface area (Å²) in [4.78, 5) is 2.73. The average molecular weight is 285 g/mol. The first-order valence-electron chi connectivity index (χ1n) is 8.13. The molecule has 1 N–H and O–H groups in total. The van der Waals surface area contributed by atoms with Gasteiger partial charge in [-0.3, -0.25) is 0 Å². The molecule has 0 amide bonds. The predicted molar refractivity (Wildman–Crippen MR) is 87.0 cm³/mol. The van der Waals surface area contributed by atoms with Gasteiger partial charge in [0.1, 0.15) is 0 Å². The molecule has 1 aliphatic heterocycles. The molecule has 2 fully saturated rings. The summed E-state index contributed by atoms with van der Waals surface area (Å²) in [6.45, 7) is 12.2. The highest BCUT2D eigenvalue weighted by molar-refractivity contribution is 7.99. The molecule has 2 rings (SSSR count). The van der Waals surface area contributed by atoms with E-state index >= 15 is 0 Å². The SMILES string of the molecule is CC1CCCC(CNC(C)C)(CN2CCSCC2)C1. The number of nitrogens with one attached hydrogen (secondary N) is 1. The van der Waals surface area contributed by atoms with Crippen molar-refractivity contribution in [1.82, 2.24) is 10.2 Å². The van der Waals surface area contributed by atoms with Crippen LogP contribution >= 0.6 is 11.8 Å². The minimum absolute atomic E-state index is 0.546. The first-order valence-corrected chi connectivity index (χ1v) is 9.29. The van der Waals surface area contributed by atoms with Gasteiger partial charge in [0, 0.05) is 43.7 Å². The topological polar surface area (TPSA) is 15.3 Å². The van der Waals surface area contributed by atoms with Crippen LogP contribution in [0.3, 0.4) is 0 Å². The van der Waals surface area contributed by atoms with E-state index in [4.69, 9.17) is 0 Å². The van der Waals surface area contributed by atoms with Gasteiger partial charge in [-0.15, -0.1) is 0 Å². The summed E-state index contributed by atoms with van der Waals surface area (Å²) in [6, 6.07) is 0.617. The maximum absolute atomic E-state index is 3.73. The zero-order valence-electron chi connectivity index (χ0n) is 13.1. The molecule has 0 spiro atoms. The van der Waals surface area contributed by atoms with E-state index in [2.05, 4.69) is 42.7 Å². The number of hydrogen-bond acceptors (Lipinski definition) is 3. The monoisotopic (exact) mass is 284 g/mol. The predicted octanol–water partition coefficient (Wildman–Crippen LogP) is 3.23. The van der Waals surface area contributed by atoms with Gasteiger partial charge in [0.05, 0.1) is 0 Å². The standard InChI is InChI=1S/C16H32N2S/c1-14(2)17-12-16(6-4-5-15(3)11-16)13-18-7-9-19-10-8-18/h14-15,17H,4-13H2,1-3H3. The summed E-state index contributed by atoms with van der Waals surface area (Å²) in [5.74, 6) is 3.59. The Hall–Kier alpha value is 0.270. The molecule has 0 aromatic rings. The third-order valence-corrected chi connectivity index (χ3v) is 5.68. The van der Waals surface area contributed by atoms with Crippen LogP contribution in [-0.4, -0.2) is 48.6 Å². The molecule has 1 aliphatic carbocycles. The molecule has 1 saturated carbocycles. The van der Waals surface area contributed by atoms with Crippen molar-refractivity contribution in [2.75, 3.05) is 37.7 Å². The molecule has 3 heteroatoms. The molecular weight excluding hydrogens is 252 g/mol. The third-order valence-electron chi connectivity index (χ3n) is 4.73. The Kier molecular flexibility index (Phi) is 6.04. The number of rotatable bonds is 5. The summed E-state index contributed by atoms with van der Waals surface area (Å²) < 4.78 is 0. The van der Waals surface area contributed by atoms with Crippen LogP contribution in [0.5, 0.6) is 0 Å². The molecule has 0 aromatic heterocycles. The van der Waals surface area contributed by atoms with E-state index in [0.29, 0.717) is 11.5 Å². The van der Waals surface area contributed by atoms with Gasteiger partial charge < -0.3 is 10.2 Å². The summed E-state index contributed by atoms with van der Waals surface area (Å²) in [7, 11) is 0. The normalized spacial score (nSPS) is 33.8. The van der Waals surface area contributed by atoms with E-state index < -0.39 is 0 Å². The van der Waals surface area contributed by atoms with Crippen molar-refractivity contribution in [3.8, 4) is 0 Å². The Labute approximate surface area is 124 Å². The lowest BCUT2D eigenvalue weighted by Gasteiger charge is -2.44. The lowest BCUT2D eigenvalue weighted by Crippen LogP contribution is -2.49. The fraction of sp³-hybridized carbons (Fsp3) is 1.00. The van der Waals surface area contributed by atoms with Gasteiger partial charge in [-0.1, -0.05) is 33.6 Å². The molecule has 2 nitrogen and oxygen atoms in total. The Bertz CT molecular complexity index is 263. The molecule has 0 radical (unpaired) electrons. The van der Waals surface area contributed by atoms with Crippen molar-refractivity contribution in [3.63, 3.8) is 0 Å². The average Bonchev–Trinajstić information content (AvgIpc) is 2.38. The maximum atomic E-state index is 3.73. The Morgan fingerprint density at radius 3 is 2.68 bits per heavy atom. The van der Waals surface area contributed by atoms with Crippen molar-refractivity contribution in [2.45, 2.75) is 52.5 Å². The van der Waals surface area contributed by atoms with Crippen molar-refractivity contribution in [3.05, 3.63) is 0 Å². The maximum Gasteiger partial charge on any atom is 0.00729 e. The van der Waals surface area contributed by atoms with E-state index in [9.17, 15) is 0 Å². The molecule has 112 valence electrons. The van der Waals surface area contributed by atoms with E-state index in [1.807, 2.05) is 0 Å². The number of thioether (sulfide) groups is 1. The fourth-order valence-electron chi connectivity index (χ4n) is 3.78. The lowest BCUT2D eigenvalue weighted by molar-refractivity contribution is 0.0827. The minimum Gasteiger partial charge on any atom is -0.314 e. The Balaban J connectivity index is 1.95. The molecule has 2 unspecified atom stereocenters. The van der Waals surface area contributed by atoms with Crippen molar-refractivity contribution in [1.29, 1.82) is 0 Å². The van der Waals surface area contributed by atoms with Crippen LogP contribution in [-0.2, 0) is 0 Å². The van der Waals surface area contributed by atoms with Gasteiger partial charge >= 0.3 is 0 Å². The third kappa shape index (κ3) is 4.95. The molecular formula is C16H32N2S. The van der Waals surface area contributed by atoms with Gasteiger partial charge in [0.25, 0.3) is 0 Å². The van der Waals surface area contributed by atoms with Gasteiger partial charge in [-0.25, -0.2) is 0 Å². The molecule has 1 saturated heterocycles. The lowest BCUT2D eigenvalue weighted by atomic mass is 9.69. The smallest absolute Gasteiger partial charge is 0.00729 e. The first-order chi connectivity index (χ1) is 9.10. The number of nitrogens with zero attached hydrogens (tertiary/aromatic N) is 1. The van der Waals surface area contributed by atoms with Crippen LogP contribution in [0.25, 0.3) is 0 Å². The zero-order chi connectivity index (χ0) is 13.7. The van der Waals surface area contributed by atoms with Crippen LogP contribution in [0.2, 0.25) is 0 Å². The van der Waals surface area contributed by atoms with Crippen molar-refractivity contribution < 1.29 is 0 Å². The van der Waals surface area contributed by atoms with E-state index in [0.717, 1.165) is 5.92 Å². The van der Waals surface area contributed by atoms with Crippen molar-refractivity contribution in [2.24, 2.45) is 11.3 Å². The highest BCUT2D eigenvalue weighted by atomic mass is 32.2. The van der Waals surface area contributed by atoms with E-state index in [-0.39, 0.29) is 0 Å². The molecule has 1 heterocycles. The van der Waals surface area contributed by atoms with Crippen LogP contribution in [0.15, 0.2) is 0 Å². The second-order valence-electron chi connectivity index (χ2n) is 7.13.